The lowest BCUT2D eigenvalue weighted by Gasteiger charge is -2.29. The average Bonchev–Trinajstić information content (AvgIpc) is 2.73. The van der Waals surface area contributed by atoms with Gasteiger partial charge in [-0.05, 0) is 83.2 Å². The Kier molecular flexibility index (Phi) is 5.79. The van der Waals surface area contributed by atoms with Crippen molar-refractivity contribution < 1.29 is 9.84 Å². The van der Waals surface area contributed by atoms with E-state index in [2.05, 4.69) is 17.4 Å². The summed E-state index contributed by atoms with van der Waals surface area (Å²) in [5.41, 5.74) is 2.95. The van der Waals surface area contributed by atoms with Gasteiger partial charge in [-0.3, -0.25) is 0 Å². The van der Waals surface area contributed by atoms with Gasteiger partial charge in [0.2, 0.25) is 0 Å². The maximum absolute atomic E-state index is 11.2. The molecule has 0 amide bonds. The van der Waals surface area contributed by atoms with E-state index in [-0.39, 0.29) is 6.04 Å². The van der Waals surface area contributed by atoms with E-state index in [1.807, 2.05) is 36.4 Å². The smallest absolute Gasteiger partial charge is 0.138 e. The Morgan fingerprint density at radius 3 is 2.50 bits per heavy atom. The second kappa shape index (κ2) is 8.30. The number of halogens is 2. The summed E-state index contributed by atoms with van der Waals surface area (Å²) >= 11 is 12.4. The van der Waals surface area contributed by atoms with Crippen molar-refractivity contribution in [3.63, 3.8) is 0 Å². The molecule has 1 aliphatic heterocycles. The van der Waals surface area contributed by atoms with Gasteiger partial charge in [-0.15, -0.1) is 0 Å². The van der Waals surface area contributed by atoms with Crippen LogP contribution in [0.3, 0.4) is 0 Å². The van der Waals surface area contributed by atoms with Crippen LogP contribution in [0.15, 0.2) is 48.5 Å². The third kappa shape index (κ3) is 3.85. The Morgan fingerprint density at radius 2 is 1.82 bits per heavy atom. The van der Waals surface area contributed by atoms with Crippen LogP contribution in [0.4, 0.5) is 0 Å². The van der Waals surface area contributed by atoms with Crippen molar-refractivity contribution in [1.29, 1.82) is 0 Å². The largest absolute Gasteiger partial charge is 0.495 e. The Hall–Kier alpha value is -1.78. The topological polar surface area (TPSA) is 41.5 Å². The van der Waals surface area contributed by atoms with E-state index in [0.717, 1.165) is 53.3 Å². The molecule has 1 aliphatic rings. The van der Waals surface area contributed by atoms with Crippen LogP contribution in [0.5, 0.6) is 5.75 Å². The predicted octanol–water partition coefficient (Wildman–Crippen LogP) is 6.00. The fourth-order valence-electron chi connectivity index (χ4n) is 3.97. The molecule has 0 aliphatic carbocycles. The molecule has 1 saturated heterocycles. The summed E-state index contributed by atoms with van der Waals surface area (Å²) in [6.45, 7) is 0.936. The number of benzene rings is 3. The van der Waals surface area contributed by atoms with Crippen LogP contribution in [-0.4, -0.2) is 24.8 Å². The minimum atomic E-state index is -0.610. The third-order valence-corrected chi connectivity index (χ3v) is 6.03. The molecule has 2 N–H and O–H groups in total. The molecule has 5 heteroatoms. The van der Waals surface area contributed by atoms with E-state index in [4.69, 9.17) is 27.9 Å². The second-order valence-corrected chi connectivity index (χ2v) is 8.13. The Balaban J connectivity index is 1.89. The maximum Gasteiger partial charge on any atom is 0.138 e. The SMILES string of the molecule is COc1cc2c(C(O)C3CCCCN3)cc(-c3ccc(Cl)cc3)cc2cc1Cl. The number of hydrogen-bond acceptors (Lipinski definition) is 3. The highest BCUT2D eigenvalue weighted by Crippen LogP contribution is 2.38. The van der Waals surface area contributed by atoms with Gasteiger partial charge in [0.15, 0.2) is 0 Å². The molecule has 3 aromatic carbocycles. The highest BCUT2D eigenvalue weighted by Gasteiger charge is 2.25. The molecule has 4 rings (SSSR count). The summed E-state index contributed by atoms with van der Waals surface area (Å²) in [7, 11) is 1.61. The lowest BCUT2D eigenvalue weighted by Crippen LogP contribution is -2.38. The first-order chi connectivity index (χ1) is 13.6. The molecular weight excluding hydrogens is 393 g/mol. The first-order valence-electron chi connectivity index (χ1n) is 9.55. The highest BCUT2D eigenvalue weighted by atomic mass is 35.5. The molecule has 0 spiro atoms. The number of aliphatic hydroxyl groups is 1. The standard InChI is InChI=1S/C23H23Cl2NO2/c1-28-22-13-18-16(12-20(22)25)10-15(14-5-7-17(24)8-6-14)11-19(18)23(27)21-4-2-3-9-26-21/h5-8,10-13,21,23,26-27H,2-4,9H2,1H3. The van der Waals surface area contributed by atoms with E-state index in [9.17, 15) is 5.11 Å². The lowest BCUT2D eigenvalue weighted by atomic mass is 9.89. The number of aliphatic hydroxyl groups excluding tert-OH is 1. The summed E-state index contributed by atoms with van der Waals surface area (Å²) in [4.78, 5) is 0. The summed E-state index contributed by atoms with van der Waals surface area (Å²) in [6, 6.07) is 15.8. The molecule has 3 aromatic rings. The van der Waals surface area contributed by atoms with Gasteiger partial charge < -0.3 is 15.2 Å². The first kappa shape index (κ1) is 19.5. The Morgan fingerprint density at radius 1 is 1.04 bits per heavy atom. The highest BCUT2D eigenvalue weighted by molar-refractivity contribution is 6.33. The van der Waals surface area contributed by atoms with Gasteiger partial charge in [0.25, 0.3) is 0 Å². The third-order valence-electron chi connectivity index (χ3n) is 5.48. The van der Waals surface area contributed by atoms with Gasteiger partial charge in [0, 0.05) is 11.1 Å². The maximum atomic E-state index is 11.2. The van der Waals surface area contributed by atoms with Crippen LogP contribution in [0.25, 0.3) is 21.9 Å². The summed E-state index contributed by atoms with van der Waals surface area (Å²) in [5, 5.41) is 17.9. The molecule has 2 unspecified atom stereocenters. The van der Waals surface area contributed by atoms with Crippen molar-refractivity contribution in [2.45, 2.75) is 31.4 Å². The molecule has 0 aromatic heterocycles. The molecule has 146 valence electrons. The van der Waals surface area contributed by atoms with Crippen LogP contribution in [-0.2, 0) is 0 Å². The molecule has 28 heavy (non-hydrogen) atoms. The fourth-order valence-corrected chi connectivity index (χ4v) is 4.34. The lowest BCUT2D eigenvalue weighted by molar-refractivity contribution is 0.115. The Bertz CT molecular complexity index is 982. The molecule has 0 radical (unpaired) electrons. The van der Waals surface area contributed by atoms with Crippen molar-refractivity contribution in [3.8, 4) is 16.9 Å². The van der Waals surface area contributed by atoms with Gasteiger partial charge in [-0.1, -0.05) is 41.8 Å². The minimum Gasteiger partial charge on any atom is -0.495 e. The quantitative estimate of drug-likeness (QED) is 0.548. The number of ether oxygens (including phenoxy) is 1. The van der Waals surface area contributed by atoms with Crippen LogP contribution >= 0.6 is 23.2 Å². The van der Waals surface area contributed by atoms with Crippen LogP contribution in [0.2, 0.25) is 10.0 Å². The average molecular weight is 416 g/mol. The fraction of sp³-hybridized carbons (Fsp3) is 0.304. The zero-order valence-corrected chi connectivity index (χ0v) is 17.2. The van der Waals surface area contributed by atoms with E-state index >= 15 is 0 Å². The number of rotatable bonds is 4. The monoisotopic (exact) mass is 415 g/mol. The zero-order valence-electron chi connectivity index (χ0n) is 15.7. The molecule has 1 fully saturated rings. The van der Waals surface area contributed by atoms with Crippen LogP contribution in [0.1, 0.15) is 30.9 Å². The van der Waals surface area contributed by atoms with Crippen molar-refractivity contribution in [2.75, 3.05) is 13.7 Å². The molecule has 2 atom stereocenters. The minimum absolute atomic E-state index is 0.0408. The van der Waals surface area contributed by atoms with E-state index in [1.54, 1.807) is 7.11 Å². The first-order valence-corrected chi connectivity index (χ1v) is 10.3. The van der Waals surface area contributed by atoms with Crippen molar-refractivity contribution in [1.82, 2.24) is 5.32 Å². The molecule has 1 heterocycles. The zero-order chi connectivity index (χ0) is 19.7. The van der Waals surface area contributed by atoms with Crippen molar-refractivity contribution in [2.24, 2.45) is 0 Å². The van der Waals surface area contributed by atoms with Crippen molar-refractivity contribution in [3.05, 3.63) is 64.1 Å². The van der Waals surface area contributed by atoms with Gasteiger partial charge in [0.05, 0.1) is 18.2 Å². The van der Waals surface area contributed by atoms with E-state index in [1.165, 1.54) is 0 Å². The van der Waals surface area contributed by atoms with Gasteiger partial charge in [-0.25, -0.2) is 0 Å². The predicted molar refractivity (Wildman–Crippen MR) is 117 cm³/mol. The van der Waals surface area contributed by atoms with E-state index in [0.29, 0.717) is 15.8 Å². The van der Waals surface area contributed by atoms with Crippen molar-refractivity contribution >= 4 is 34.0 Å². The van der Waals surface area contributed by atoms with Crippen LogP contribution in [0, 0.1) is 0 Å². The molecular formula is C23H23Cl2NO2. The second-order valence-electron chi connectivity index (χ2n) is 7.28. The molecule has 0 bridgehead atoms. The molecule has 3 nitrogen and oxygen atoms in total. The van der Waals surface area contributed by atoms with E-state index < -0.39 is 6.10 Å². The number of fused-ring (bicyclic) bond motifs is 1. The number of methoxy groups -OCH3 is 1. The number of hydrogen-bond donors (Lipinski definition) is 2. The Labute approximate surface area is 175 Å². The summed E-state index contributed by atoms with van der Waals surface area (Å²) in [5.74, 6) is 0.610. The van der Waals surface area contributed by atoms with Crippen LogP contribution < -0.4 is 10.1 Å². The summed E-state index contributed by atoms with van der Waals surface area (Å²) < 4.78 is 5.42. The molecule has 0 saturated carbocycles. The van der Waals surface area contributed by atoms with Gasteiger partial charge in [0.1, 0.15) is 5.75 Å². The summed E-state index contributed by atoms with van der Waals surface area (Å²) in [6.07, 6.45) is 2.62. The van der Waals surface area contributed by atoms with Gasteiger partial charge >= 0.3 is 0 Å². The number of piperidine rings is 1. The van der Waals surface area contributed by atoms with Gasteiger partial charge in [-0.2, -0.15) is 0 Å². The number of nitrogens with one attached hydrogen (secondary N) is 1. The normalized spacial score (nSPS) is 18.2.